The smallest absolute Gasteiger partial charge is 0.410 e. The largest absolute Gasteiger partial charge is 0.496 e. The zero-order valence-corrected chi connectivity index (χ0v) is 23.8. The summed E-state index contributed by atoms with van der Waals surface area (Å²) in [5.74, 6) is -0.587. The van der Waals surface area contributed by atoms with Crippen molar-refractivity contribution in [2.45, 2.75) is 44.8 Å². The van der Waals surface area contributed by atoms with Gasteiger partial charge in [-0.1, -0.05) is 54.6 Å². The van der Waals surface area contributed by atoms with Crippen molar-refractivity contribution in [1.82, 2.24) is 10.2 Å². The zero-order valence-electron chi connectivity index (χ0n) is 23.8. The van der Waals surface area contributed by atoms with Crippen LogP contribution >= 0.6 is 0 Å². The summed E-state index contributed by atoms with van der Waals surface area (Å²) in [6.07, 6.45) is -0.494. The number of fused-ring (bicyclic) bond motifs is 3. The second-order valence-corrected chi connectivity index (χ2v) is 10.8. The average molecular weight is 545 g/mol. The fraction of sp³-hybridized carbons (Fsp3) is 0.344. The fourth-order valence-corrected chi connectivity index (χ4v) is 4.98. The first-order chi connectivity index (χ1) is 19.0. The quantitative estimate of drug-likeness (QED) is 0.393. The number of likely N-dealkylation sites (N-methyl/N-ethyl adjacent to an activating group) is 1. The van der Waals surface area contributed by atoms with Crippen LogP contribution in [-0.4, -0.2) is 62.3 Å². The maximum Gasteiger partial charge on any atom is 0.410 e. The zero-order chi connectivity index (χ0) is 29.0. The molecule has 0 aromatic heterocycles. The topological polar surface area (TPSA) is 94.2 Å². The molecule has 210 valence electrons. The first-order valence-corrected chi connectivity index (χ1v) is 13.2. The Morgan fingerprint density at radius 1 is 0.950 bits per heavy atom. The molecule has 0 saturated carbocycles. The van der Waals surface area contributed by atoms with Gasteiger partial charge in [0.2, 0.25) is 0 Å². The van der Waals surface area contributed by atoms with E-state index in [0.717, 1.165) is 22.3 Å². The molecule has 0 heterocycles. The molecule has 0 bridgehead atoms. The van der Waals surface area contributed by atoms with Gasteiger partial charge in [0.15, 0.2) is 0 Å². The molecule has 0 aliphatic heterocycles. The lowest BCUT2D eigenvalue weighted by Crippen LogP contribution is -2.47. The maximum absolute atomic E-state index is 13.3. The minimum absolute atomic E-state index is 0.105. The van der Waals surface area contributed by atoms with E-state index in [1.54, 1.807) is 39.0 Å². The van der Waals surface area contributed by atoms with E-state index in [-0.39, 0.29) is 24.9 Å². The number of nitrogens with zero attached hydrogens (tertiary/aromatic N) is 1. The Morgan fingerprint density at radius 3 is 2.10 bits per heavy atom. The summed E-state index contributed by atoms with van der Waals surface area (Å²) >= 11 is 0. The molecule has 0 radical (unpaired) electrons. The predicted octanol–water partition coefficient (Wildman–Crippen LogP) is 5.19. The Morgan fingerprint density at radius 2 is 1.55 bits per heavy atom. The molecule has 0 saturated heterocycles. The number of esters is 1. The van der Waals surface area contributed by atoms with Gasteiger partial charge in [-0.05, 0) is 60.7 Å². The van der Waals surface area contributed by atoms with Crippen molar-refractivity contribution in [3.05, 3.63) is 89.0 Å². The third kappa shape index (κ3) is 6.11. The van der Waals surface area contributed by atoms with Crippen LogP contribution in [0.3, 0.4) is 0 Å². The highest BCUT2D eigenvalue weighted by Crippen LogP contribution is 2.44. The van der Waals surface area contributed by atoms with Crippen molar-refractivity contribution in [1.29, 1.82) is 0 Å². The van der Waals surface area contributed by atoms with E-state index >= 15 is 0 Å². The van der Waals surface area contributed by atoms with Crippen molar-refractivity contribution >= 4 is 18.0 Å². The van der Waals surface area contributed by atoms with Crippen LogP contribution in [0.5, 0.6) is 5.75 Å². The number of ether oxygens (including phenoxy) is 3. The standard InChI is InChI=1S/C32H36N2O6/c1-32(2,3)40-30(36)27(17-20-15-16-25(29(35)33-4)28(18-20)38-6)34(5)31(37)39-19-26-23-13-9-7-11-21(23)22-12-8-10-14-24(22)26/h7-16,18,26-27H,17,19H2,1-6H3,(H,33,35). The summed E-state index contributed by atoms with van der Waals surface area (Å²) in [4.78, 5) is 40.1. The van der Waals surface area contributed by atoms with Crippen LogP contribution in [0.2, 0.25) is 0 Å². The number of carbonyl (C=O) groups excluding carboxylic acids is 3. The Kier molecular flexibility index (Phi) is 8.47. The normalized spacial score (nSPS) is 13.1. The molecule has 40 heavy (non-hydrogen) atoms. The molecular weight excluding hydrogens is 508 g/mol. The van der Waals surface area contributed by atoms with Gasteiger partial charge in [0.25, 0.3) is 5.91 Å². The molecular formula is C32H36N2O6. The van der Waals surface area contributed by atoms with E-state index in [2.05, 4.69) is 29.6 Å². The van der Waals surface area contributed by atoms with Gasteiger partial charge in [-0.15, -0.1) is 0 Å². The lowest BCUT2D eigenvalue weighted by atomic mass is 9.98. The van der Waals surface area contributed by atoms with Gasteiger partial charge in [0.05, 0.1) is 12.7 Å². The molecule has 8 heteroatoms. The van der Waals surface area contributed by atoms with Gasteiger partial charge in [-0.2, -0.15) is 0 Å². The van der Waals surface area contributed by atoms with E-state index in [1.165, 1.54) is 26.1 Å². The van der Waals surface area contributed by atoms with Crippen molar-refractivity contribution in [2.75, 3.05) is 27.8 Å². The number of hydrogen-bond donors (Lipinski definition) is 1. The number of rotatable bonds is 8. The van der Waals surface area contributed by atoms with Gasteiger partial charge >= 0.3 is 12.1 Å². The Balaban J connectivity index is 1.55. The van der Waals surface area contributed by atoms with Gasteiger partial charge in [0, 0.05) is 26.4 Å². The van der Waals surface area contributed by atoms with Crippen molar-refractivity contribution < 1.29 is 28.6 Å². The van der Waals surface area contributed by atoms with E-state index in [9.17, 15) is 14.4 Å². The Bertz CT molecular complexity index is 1370. The SMILES string of the molecule is CNC(=O)c1ccc(CC(C(=O)OC(C)(C)C)N(C)C(=O)OCC2c3ccccc3-c3ccccc32)cc1OC. The molecule has 0 fully saturated rings. The average Bonchev–Trinajstić information content (AvgIpc) is 3.26. The van der Waals surface area contributed by atoms with Crippen molar-refractivity contribution in [3.63, 3.8) is 0 Å². The lowest BCUT2D eigenvalue weighted by molar-refractivity contribution is -0.160. The first-order valence-electron chi connectivity index (χ1n) is 13.2. The van der Waals surface area contributed by atoms with Gasteiger partial charge in [-0.25, -0.2) is 9.59 Å². The lowest BCUT2D eigenvalue weighted by Gasteiger charge is -2.30. The van der Waals surface area contributed by atoms with Crippen LogP contribution in [0.4, 0.5) is 4.79 Å². The molecule has 0 spiro atoms. The van der Waals surface area contributed by atoms with E-state index in [1.807, 2.05) is 24.3 Å². The number of hydrogen-bond acceptors (Lipinski definition) is 6. The van der Waals surface area contributed by atoms with Crippen LogP contribution in [0, 0.1) is 0 Å². The van der Waals surface area contributed by atoms with Crippen LogP contribution in [0.15, 0.2) is 66.7 Å². The highest BCUT2D eigenvalue weighted by atomic mass is 16.6. The number of amides is 2. The van der Waals surface area contributed by atoms with Crippen LogP contribution in [0.1, 0.15) is 53.7 Å². The number of nitrogens with one attached hydrogen (secondary N) is 1. The molecule has 3 aromatic carbocycles. The molecule has 3 aromatic rings. The molecule has 1 unspecified atom stereocenters. The van der Waals surface area contributed by atoms with E-state index < -0.39 is 23.7 Å². The summed E-state index contributed by atoms with van der Waals surface area (Å²) in [6, 6.07) is 20.3. The molecule has 1 aliphatic carbocycles. The van der Waals surface area contributed by atoms with Gasteiger partial charge in [-0.3, -0.25) is 9.69 Å². The maximum atomic E-state index is 13.3. The predicted molar refractivity (Wildman–Crippen MR) is 153 cm³/mol. The minimum atomic E-state index is -0.967. The van der Waals surface area contributed by atoms with E-state index in [4.69, 9.17) is 14.2 Å². The summed E-state index contributed by atoms with van der Waals surface area (Å²) in [6.45, 7) is 5.45. The molecule has 8 nitrogen and oxygen atoms in total. The van der Waals surface area contributed by atoms with E-state index in [0.29, 0.717) is 16.9 Å². The van der Waals surface area contributed by atoms with Crippen LogP contribution in [0.25, 0.3) is 11.1 Å². The number of carbonyl (C=O) groups is 3. The van der Waals surface area contributed by atoms with Gasteiger partial charge < -0.3 is 19.5 Å². The van der Waals surface area contributed by atoms with Crippen molar-refractivity contribution in [3.8, 4) is 16.9 Å². The highest BCUT2D eigenvalue weighted by Gasteiger charge is 2.34. The van der Waals surface area contributed by atoms with Gasteiger partial charge in [0.1, 0.15) is 24.0 Å². The van der Waals surface area contributed by atoms with Crippen LogP contribution in [-0.2, 0) is 20.7 Å². The molecule has 1 atom stereocenters. The molecule has 4 rings (SSSR count). The summed E-state index contributed by atoms with van der Waals surface area (Å²) in [7, 11) is 4.54. The highest BCUT2D eigenvalue weighted by molar-refractivity contribution is 5.96. The van der Waals surface area contributed by atoms with Crippen molar-refractivity contribution in [2.24, 2.45) is 0 Å². The summed E-state index contributed by atoms with van der Waals surface area (Å²) in [5.41, 5.74) is 4.78. The number of methoxy groups -OCH3 is 1. The third-order valence-corrected chi connectivity index (χ3v) is 6.94. The number of benzene rings is 3. The third-order valence-electron chi connectivity index (χ3n) is 6.94. The van der Waals surface area contributed by atoms with Crippen LogP contribution < -0.4 is 10.1 Å². The summed E-state index contributed by atoms with van der Waals surface area (Å²) < 4.78 is 16.9. The Labute approximate surface area is 235 Å². The molecule has 1 N–H and O–H groups in total. The Hall–Kier alpha value is -4.33. The monoisotopic (exact) mass is 544 g/mol. The fourth-order valence-electron chi connectivity index (χ4n) is 4.98. The second-order valence-electron chi connectivity index (χ2n) is 10.8. The summed E-state index contributed by atoms with van der Waals surface area (Å²) in [5, 5.41) is 2.58. The first kappa shape index (κ1) is 28.7. The second kappa shape index (κ2) is 11.8. The minimum Gasteiger partial charge on any atom is -0.496 e. The molecule has 2 amide bonds. The molecule has 1 aliphatic rings.